The van der Waals surface area contributed by atoms with E-state index >= 15 is 0 Å². The molecule has 0 rings (SSSR count). The first-order valence-corrected chi connectivity index (χ1v) is 68.4. The Morgan fingerprint density at radius 3 is 0.226 bits per heavy atom. The second-order valence-electron chi connectivity index (χ2n) is 17.2. The van der Waals surface area contributed by atoms with E-state index in [-0.39, 0.29) is 0 Å². The largest absolute Gasteiger partial charge is 0.265 e. The molecule has 1 nitrogen and oxygen atoms in total. The van der Waals surface area contributed by atoms with Gasteiger partial charge in [-0.3, -0.25) is 5.32 Å². The minimum Gasteiger partial charge on any atom is -0.265 e. The second kappa shape index (κ2) is 39.9. The third-order valence-electron chi connectivity index (χ3n) is 11.3. The lowest BCUT2D eigenvalue weighted by atomic mass is 10.0. The third-order valence-corrected chi connectivity index (χ3v) is 142. The van der Waals surface area contributed by atoms with E-state index in [0.717, 1.165) is 0 Å². The van der Waals surface area contributed by atoms with Gasteiger partial charge in [-0.25, -0.2) is 0 Å². The van der Waals surface area contributed by atoms with Gasteiger partial charge in [-0.15, -0.1) is 0 Å². The molecule has 93 heavy (non-hydrogen) atoms. The van der Waals surface area contributed by atoms with Crippen LogP contribution in [0.2, 0.25) is 0 Å². The van der Waals surface area contributed by atoms with Crippen molar-refractivity contribution in [2.75, 3.05) is 0 Å². The summed E-state index contributed by atoms with van der Waals surface area (Å²) in [6, 6.07) is 0. The molecule has 0 aromatic carbocycles. The molecule has 0 heterocycles. The summed E-state index contributed by atoms with van der Waals surface area (Å²) in [6.07, 6.45) is 0. The smallest absolute Gasteiger partial charge is 0.162 e. The minimum atomic E-state index is -1.52. The lowest BCUT2D eigenvalue weighted by Crippen LogP contribution is -2.75. The fraction of sp³-hybridized carbons (Fsp3) is 1.00. The van der Waals surface area contributed by atoms with E-state index < -0.39 is 95.1 Å². The van der Waals surface area contributed by atoms with Crippen molar-refractivity contribution in [3.63, 3.8) is 0 Å². The lowest BCUT2D eigenvalue weighted by molar-refractivity contribution is 0.471. The van der Waals surface area contributed by atoms with Gasteiger partial charge >= 0.3 is 0 Å². The molecule has 63 heteroatoms. The van der Waals surface area contributed by atoms with Crippen molar-refractivity contribution in [1.29, 1.82) is 0 Å². The fourth-order valence-corrected chi connectivity index (χ4v) is 68.3. The SMILES string of the molecule is BrC(Br)(Br)C(Br)(Br)C(Br)(Br)C(Br)(Br)C(Br)(Br)C(Br)(Br)C(Br)(Br)C(Br)(Br)C(Br)(Br)C(Br)(Br)C(Br)(Br)C(Br)(Br)C(Br)(Br)C(Br)(Br)C(Br)(Br)NC(Br)(Br)C(Br)(Br)C(Br)(Br)C(Br)(Br)C(Br)(Br)C(Br)(Br)C(Br)(Br)C(Br)(Br)C(Br)(Br)C(Br)(Br)C(Br)(Br)C(Br)(Br)C(Br)(Br)C(Br)(Br)C(Br)(Br)Br. The summed E-state index contributed by atoms with van der Waals surface area (Å²) < 4.78 is -41.0. The molecule has 0 aliphatic rings. The normalized spacial score (nSPS) is 17.6. The highest BCUT2D eigenvalue weighted by Crippen LogP contribution is 2.87. The van der Waals surface area contributed by atoms with E-state index in [1.807, 2.05) is 0 Å². The number of halogens is 62. The van der Waals surface area contributed by atoms with Gasteiger partial charge in [0.1, 0.15) is 84.1 Å². The maximum Gasteiger partial charge on any atom is 0.162 e. The molecule has 0 amide bonds. The quantitative estimate of drug-likeness (QED) is 0.0608. The molecule has 0 bridgehead atoms. The summed E-state index contributed by atoms with van der Waals surface area (Å²) in [7, 11) is 0. The van der Waals surface area contributed by atoms with E-state index in [1.54, 1.807) is 0 Å². The van der Waals surface area contributed by atoms with Crippen LogP contribution in [0.15, 0.2) is 0 Å². The summed E-state index contributed by atoms with van der Waals surface area (Å²) in [5.41, 5.74) is 0. The van der Waals surface area contributed by atoms with Crippen molar-refractivity contribution in [2.24, 2.45) is 0 Å². The number of hydrogen-bond donors (Lipinski definition) is 1. The molecular weight excluding hydrogens is 5330 g/mol. The summed E-state index contributed by atoms with van der Waals surface area (Å²) in [5, 5.41) is 3.62. The fourth-order valence-electron chi connectivity index (χ4n) is 5.44. The Balaban J connectivity index is 8.15. The molecule has 0 aromatic rings. The first kappa shape index (κ1) is 123. The summed E-state index contributed by atoms with van der Waals surface area (Å²) in [6.45, 7) is 0. The molecule has 1 N–H and O–H groups in total. The highest BCUT2D eigenvalue weighted by Gasteiger charge is 2.87. The average molecular weight is 5330 g/mol. The van der Waals surface area contributed by atoms with Crippen LogP contribution in [0, 0.1) is 0 Å². The van der Waals surface area contributed by atoms with Crippen molar-refractivity contribution in [1.82, 2.24) is 5.32 Å². The van der Waals surface area contributed by atoms with Crippen molar-refractivity contribution >= 4 is 988 Å². The van der Waals surface area contributed by atoms with Gasteiger partial charge in [0, 0.05) is 0 Å². The maximum absolute atomic E-state index is 4.10. The molecule has 0 spiro atoms. The van der Waals surface area contributed by atoms with E-state index in [9.17, 15) is 0 Å². The molecule has 0 atom stereocenters. The van der Waals surface area contributed by atoms with Crippen LogP contribution in [0.3, 0.4) is 0 Å². The highest BCUT2D eigenvalue weighted by atomic mass is 80.0. The first-order chi connectivity index (χ1) is 38.7. The van der Waals surface area contributed by atoms with Crippen LogP contribution < -0.4 is 5.32 Å². The van der Waals surface area contributed by atoms with Crippen molar-refractivity contribution in [2.45, 2.75) is 95.1 Å². The zero-order chi connectivity index (χ0) is 77.7. The molecule has 0 aliphatic heterocycles. The Labute approximate surface area is 1060 Å². The van der Waals surface area contributed by atoms with Gasteiger partial charge in [0.15, 0.2) is 11.0 Å². The molecule has 0 fully saturated rings. The molecule has 0 unspecified atom stereocenters. The van der Waals surface area contributed by atoms with Crippen LogP contribution in [0.1, 0.15) is 0 Å². The molecule has 0 saturated heterocycles. The molecule has 0 radical (unpaired) electrons. The summed E-state index contributed by atoms with van der Waals surface area (Å²) in [4.78, 5) is 0. The first-order valence-electron chi connectivity index (χ1n) is 19.2. The van der Waals surface area contributed by atoms with Crippen LogP contribution >= 0.6 is 988 Å². The van der Waals surface area contributed by atoms with E-state index in [0.29, 0.717) is 0 Å². The van der Waals surface area contributed by atoms with Crippen LogP contribution in [0.25, 0.3) is 0 Å². The van der Waals surface area contributed by atoms with Gasteiger partial charge in [0.05, 0.1) is 0 Å². The predicted octanol–water partition coefficient (Wildman–Crippen LogP) is 45.8. The number of nitrogens with one attached hydrogen (secondary N) is 1. The monoisotopic (exact) mass is 5270 g/mol. The zero-order valence-corrected chi connectivity index (χ0v) is 137. The Morgan fingerprint density at radius 1 is 0.0860 bits per heavy atom. The van der Waals surface area contributed by atoms with Crippen molar-refractivity contribution < 1.29 is 0 Å². The second-order valence-corrected chi connectivity index (χ2v) is 127. The predicted molar refractivity (Wildman–Crippen MR) is 639 cm³/mol. The van der Waals surface area contributed by atoms with Crippen molar-refractivity contribution in [3.05, 3.63) is 0 Å². The topological polar surface area (TPSA) is 12.0 Å². The molecule has 560 valence electrons. The molecule has 0 aliphatic carbocycles. The van der Waals surface area contributed by atoms with Gasteiger partial charge in [-0.1, -0.05) is 988 Å². The molecule has 0 aromatic heterocycles. The van der Waals surface area contributed by atoms with E-state index in [4.69, 9.17) is 0 Å². The van der Waals surface area contributed by atoms with Crippen LogP contribution in [-0.4, -0.2) is 95.1 Å². The summed E-state index contributed by atoms with van der Waals surface area (Å²) in [5.74, 6) is 0. The van der Waals surface area contributed by atoms with E-state index in [1.165, 1.54) is 0 Å². The summed E-state index contributed by atoms with van der Waals surface area (Å²) >= 11 is 248. The lowest BCUT2D eigenvalue weighted by Gasteiger charge is -2.62. The Morgan fingerprint density at radius 2 is 0.151 bits per heavy atom. The zero-order valence-electron chi connectivity index (χ0n) is 38.9. The van der Waals surface area contributed by atoms with Crippen LogP contribution in [0.5, 0.6) is 0 Å². The van der Waals surface area contributed by atoms with Gasteiger partial charge in [-0.2, -0.15) is 0 Å². The Bertz CT molecular complexity index is 2500. The van der Waals surface area contributed by atoms with Gasteiger partial charge in [0.25, 0.3) is 0 Å². The van der Waals surface area contributed by atoms with Crippen LogP contribution in [-0.2, 0) is 0 Å². The minimum absolute atomic E-state index is 0.963. The standard InChI is InChI=1S/C30HBr62N/c31-1(32,3(35,36)7(43,44)11(51,52)15(59,60)19(67,68)23(75,76)27(83,84)85)5(39,40)9(47,48)13(55,56)17(63,64)21(71,72)25(79,80)29(89,90)93-30(91,92)26(81,82)22(73,74)18(65,66)14(57,58)10(49,50)6(41,42)2(33,34)4(37,38)8(45,46)12(53,54)16(61,62)20(69,70)24(77,78)28(86,87)88/h93H. The number of alkyl halides is 62. The van der Waals surface area contributed by atoms with E-state index in [2.05, 4.69) is 993 Å². The van der Waals surface area contributed by atoms with Crippen LogP contribution in [0.4, 0.5) is 0 Å². The highest BCUT2D eigenvalue weighted by molar-refractivity contribution is 9.46. The third kappa shape index (κ3) is 21.1. The van der Waals surface area contributed by atoms with Gasteiger partial charge in [-0.05, 0) is 0 Å². The van der Waals surface area contributed by atoms with Gasteiger partial charge < -0.3 is 0 Å². The molecular formula is C30HBr62N. The molecule has 0 saturated carbocycles. The average Bonchev–Trinajstić information content (AvgIpc) is 3.31. The Hall–Kier alpha value is 29.7. The number of rotatable bonds is 28. The number of hydrogen-bond acceptors (Lipinski definition) is 1. The van der Waals surface area contributed by atoms with Gasteiger partial charge in [0.2, 0.25) is 0 Å². The maximum atomic E-state index is 4.10. The Kier molecular flexibility index (Phi) is 52.7. The van der Waals surface area contributed by atoms with Crippen molar-refractivity contribution in [3.8, 4) is 0 Å².